The maximum atomic E-state index is 12.7. The first-order valence-electron chi connectivity index (χ1n) is 9.01. The summed E-state index contributed by atoms with van der Waals surface area (Å²) < 4.78 is 11.0. The lowest BCUT2D eigenvalue weighted by Gasteiger charge is -2.15. The summed E-state index contributed by atoms with van der Waals surface area (Å²) >= 11 is 12.5. The van der Waals surface area contributed by atoms with E-state index in [1.54, 1.807) is 37.5 Å². The predicted molar refractivity (Wildman–Crippen MR) is 123 cm³/mol. The Hall–Kier alpha value is -2.55. The Morgan fingerprint density at radius 2 is 2.07 bits per heavy atom. The molecule has 156 valence electrons. The summed E-state index contributed by atoms with van der Waals surface area (Å²) in [4.78, 5) is 26.7. The van der Waals surface area contributed by atoms with Crippen LogP contribution in [-0.2, 0) is 9.59 Å². The number of halogens is 1. The van der Waals surface area contributed by atoms with Crippen molar-refractivity contribution in [2.24, 2.45) is 0 Å². The van der Waals surface area contributed by atoms with Crippen LogP contribution in [0.15, 0.2) is 53.4 Å². The van der Waals surface area contributed by atoms with Crippen molar-refractivity contribution in [2.45, 2.75) is 0 Å². The number of ether oxygens (including phenoxy) is 2. The fourth-order valence-electron chi connectivity index (χ4n) is 2.64. The number of methoxy groups -OCH3 is 1. The van der Waals surface area contributed by atoms with E-state index in [0.717, 1.165) is 5.56 Å². The van der Waals surface area contributed by atoms with Crippen molar-refractivity contribution in [1.29, 1.82) is 0 Å². The number of hydrogen-bond acceptors (Lipinski definition) is 6. The Kier molecular flexibility index (Phi) is 7.73. The van der Waals surface area contributed by atoms with E-state index in [9.17, 15) is 9.59 Å². The Balaban J connectivity index is 1.50. The van der Waals surface area contributed by atoms with E-state index in [2.05, 4.69) is 5.32 Å². The third kappa shape index (κ3) is 5.75. The van der Waals surface area contributed by atoms with Crippen LogP contribution >= 0.6 is 35.6 Å². The van der Waals surface area contributed by atoms with Gasteiger partial charge in [-0.3, -0.25) is 14.5 Å². The molecule has 0 saturated carbocycles. The van der Waals surface area contributed by atoms with Crippen LogP contribution in [0.3, 0.4) is 0 Å². The number of rotatable bonds is 8. The zero-order valence-electron chi connectivity index (χ0n) is 16.1. The molecule has 0 atom stereocenters. The third-order valence-corrected chi connectivity index (χ3v) is 5.81. The summed E-state index contributed by atoms with van der Waals surface area (Å²) in [7, 11) is 1.59. The molecule has 2 aromatic carbocycles. The van der Waals surface area contributed by atoms with Crippen molar-refractivity contribution in [2.75, 3.05) is 26.8 Å². The fraction of sp³-hybridized carbons (Fsp3) is 0.190. The topological polar surface area (TPSA) is 67.9 Å². The van der Waals surface area contributed by atoms with Gasteiger partial charge in [-0.25, -0.2) is 0 Å². The molecule has 0 bridgehead atoms. The van der Waals surface area contributed by atoms with Gasteiger partial charge in [-0.1, -0.05) is 59.8 Å². The van der Waals surface area contributed by atoms with Crippen molar-refractivity contribution in [1.82, 2.24) is 10.2 Å². The summed E-state index contributed by atoms with van der Waals surface area (Å²) in [5.41, 5.74) is 0.847. The number of carbonyl (C=O) groups is 2. The molecule has 0 radical (unpaired) electrons. The summed E-state index contributed by atoms with van der Waals surface area (Å²) in [5.74, 6) is 0.650. The van der Waals surface area contributed by atoms with Gasteiger partial charge in [-0.15, -0.1) is 0 Å². The highest BCUT2D eigenvalue weighted by Crippen LogP contribution is 2.32. The molecule has 1 heterocycles. The number of nitrogens with one attached hydrogen (secondary N) is 1. The largest absolute Gasteiger partial charge is 0.497 e. The lowest BCUT2D eigenvalue weighted by molar-refractivity contribution is -0.124. The molecule has 6 nitrogen and oxygen atoms in total. The van der Waals surface area contributed by atoms with Gasteiger partial charge in [0, 0.05) is 13.1 Å². The molecular weight excluding hydrogens is 444 g/mol. The van der Waals surface area contributed by atoms with Crippen molar-refractivity contribution in [3.8, 4) is 11.5 Å². The monoisotopic (exact) mass is 462 g/mol. The van der Waals surface area contributed by atoms with Gasteiger partial charge in [0.05, 0.1) is 17.0 Å². The highest BCUT2D eigenvalue weighted by atomic mass is 35.5. The molecule has 0 aromatic heterocycles. The molecule has 3 rings (SSSR count). The molecular formula is C21H19ClN2O4S2. The van der Waals surface area contributed by atoms with E-state index in [4.69, 9.17) is 33.3 Å². The molecule has 2 aromatic rings. The van der Waals surface area contributed by atoms with E-state index in [0.29, 0.717) is 25.7 Å². The van der Waals surface area contributed by atoms with E-state index in [1.807, 2.05) is 24.3 Å². The minimum absolute atomic E-state index is 0.169. The number of hydrogen-bond donors (Lipinski definition) is 1. The number of thioether (sulfide) groups is 1. The van der Waals surface area contributed by atoms with Crippen molar-refractivity contribution >= 4 is 57.8 Å². The van der Waals surface area contributed by atoms with Gasteiger partial charge >= 0.3 is 0 Å². The maximum absolute atomic E-state index is 12.7. The summed E-state index contributed by atoms with van der Waals surface area (Å²) in [6.45, 7) is 0.361. The molecule has 1 aliphatic heterocycles. The van der Waals surface area contributed by atoms with Gasteiger partial charge in [-0.2, -0.15) is 0 Å². The van der Waals surface area contributed by atoms with Crippen LogP contribution in [0.1, 0.15) is 5.56 Å². The average Bonchev–Trinajstić information content (AvgIpc) is 3.00. The smallest absolute Gasteiger partial charge is 0.266 e. The third-order valence-electron chi connectivity index (χ3n) is 4.12. The quantitative estimate of drug-likeness (QED) is 0.476. The second-order valence-electron chi connectivity index (χ2n) is 6.18. The summed E-state index contributed by atoms with van der Waals surface area (Å²) in [6, 6.07) is 14.3. The van der Waals surface area contributed by atoms with Crippen LogP contribution < -0.4 is 14.8 Å². The fourth-order valence-corrected chi connectivity index (χ4v) is 4.14. The number of para-hydroxylation sites is 1. The molecule has 0 unspecified atom stereocenters. The van der Waals surface area contributed by atoms with Gasteiger partial charge in [0.1, 0.15) is 15.8 Å². The lowest BCUT2D eigenvalue weighted by Crippen LogP contribution is -2.38. The molecule has 1 aliphatic rings. The first-order chi connectivity index (χ1) is 14.5. The highest BCUT2D eigenvalue weighted by Gasteiger charge is 2.31. The number of nitrogens with zero attached hydrogens (tertiary/aromatic N) is 1. The number of benzene rings is 2. The van der Waals surface area contributed by atoms with Crippen molar-refractivity contribution < 1.29 is 19.1 Å². The van der Waals surface area contributed by atoms with Gasteiger partial charge in [-0.05, 0) is 35.9 Å². The van der Waals surface area contributed by atoms with Crippen molar-refractivity contribution in [3.63, 3.8) is 0 Å². The van der Waals surface area contributed by atoms with Crippen LogP contribution in [0.4, 0.5) is 0 Å². The number of thiocarbonyl (C=S) groups is 1. The zero-order chi connectivity index (χ0) is 21.5. The molecule has 1 saturated heterocycles. The molecule has 0 spiro atoms. The summed E-state index contributed by atoms with van der Waals surface area (Å²) in [6.07, 6.45) is 1.78. The second-order valence-corrected chi connectivity index (χ2v) is 8.26. The van der Waals surface area contributed by atoms with Gasteiger partial charge < -0.3 is 14.8 Å². The van der Waals surface area contributed by atoms with Gasteiger partial charge in [0.2, 0.25) is 0 Å². The van der Waals surface area contributed by atoms with Crippen LogP contribution in [0.25, 0.3) is 6.08 Å². The van der Waals surface area contributed by atoms with E-state index >= 15 is 0 Å². The average molecular weight is 463 g/mol. The molecule has 2 amide bonds. The Morgan fingerprint density at radius 3 is 2.83 bits per heavy atom. The zero-order valence-corrected chi connectivity index (χ0v) is 18.5. The van der Waals surface area contributed by atoms with Crippen LogP contribution in [0.2, 0.25) is 5.02 Å². The van der Waals surface area contributed by atoms with Crippen LogP contribution in [0, 0.1) is 0 Å². The van der Waals surface area contributed by atoms with Crippen LogP contribution in [-0.4, -0.2) is 47.8 Å². The first-order valence-corrected chi connectivity index (χ1v) is 10.6. The minimum atomic E-state index is -0.313. The molecule has 1 N–H and O–H groups in total. The Bertz CT molecular complexity index is 996. The molecule has 30 heavy (non-hydrogen) atoms. The van der Waals surface area contributed by atoms with E-state index in [-0.39, 0.29) is 31.5 Å². The van der Waals surface area contributed by atoms with Gasteiger partial charge in [0.25, 0.3) is 11.8 Å². The number of carbonyl (C=O) groups excluding carboxylic acids is 2. The SMILES string of the molecule is COc1cccc(/C=C2/SC(=S)N(CCNC(=O)COc3ccccc3Cl)C2=O)c1. The predicted octanol–water partition coefficient (Wildman–Crippen LogP) is 3.75. The maximum Gasteiger partial charge on any atom is 0.266 e. The normalized spacial score (nSPS) is 14.9. The number of amides is 2. The Labute approximate surface area is 189 Å². The van der Waals surface area contributed by atoms with Crippen molar-refractivity contribution in [3.05, 3.63) is 64.0 Å². The molecule has 1 fully saturated rings. The first kappa shape index (κ1) is 22.1. The minimum Gasteiger partial charge on any atom is -0.497 e. The van der Waals surface area contributed by atoms with E-state index < -0.39 is 0 Å². The summed E-state index contributed by atoms with van der Waals surface area (Å²) in [5, 5.41) is 3.15. The Morgan fingerprint density at radius 1 is 1.27 bits per heavy atom. The van der Waals surface area contributed by atoms with E-state index in [1.165, 1.54) is 16.7 Å². The molecule has 0 aliphatic carbocycles. The highest BCUT2D eigenvalue weighted by molar-refractivity contribution is 8.26. The lowest BCUT2D eigenvalue weighted by atomic mass is 10.2. The molecule has 9 heteroatoms. The standard InChI is InChI=1S/C21H19ClN2O4S2/c1-27-15-6-4-5-14(11-15)12-18-20(26)24(21(29)30-18)10-9-23-19(25)13-28-17-8-3-2-7-16(17)22/h2-8,11-12H,9-10,13H2,1H3,(H,23,25)/b18-12+. The second kappa shape index (κ2) is 10.5. The van der Waals surface area contributed by atoms with Gasteiger partial charge in [0.15, 0.2) is 6.61 Å². The van der Waals surface area contributed by atoms with Crippen LogP contribution in [0.5, 0.6) is 11.5 Å².